The first-order chi connectivity index (χ1) is 16.5. The third-order valence-corrected chi connectivity index (χ3v) is 6.40. The fraction of sp³-hybridized carbons (Fsp3) is 0.333. The van der Waals surface area contributed by atoms with Crippen LogP contribution in [0.1, 0.15) is 5.76 Å². The van der Waals surface area contributed by atoms with E-state index in [9.17, 15) is 4.79 Å². The summed E-state index contributed by atoms with van der Waals surface area (Å²) in [4.78, 5) is 27.8. The molecule has 1 saturated heterocycles. The molecule has 0 N–H and O–H groups in total. The van der Waals surface area contributed by atoms with Gasteiger partial charge in [0.05, 0.1) is 24.7 Å². The van der Waals surface area contributed by atoms with Gasteiger partial charge in [-0.05, 0) is 36.4 Å². The predicted molar refractivity (Wildman–Crippen MR) is 131 cm³/mol. The maximum Gasteiger partial charge on any atom is 0.236 e. The van der Waals surface area contributed by atoms with Gasteiger partial charge in [-0.1, -0.05) is 11.6 Å². The Morgan fingerprint density at radius 2 is 1.85 bits per heavy atom. The van der Waals surface area contributed by atoms with E-state index in [0.29, 0.717) is 18.1 Å². The molecule has 1 aliphatic heterocycles. The van der Waals surface area contributed by atoms with Crippen molar-refractivity contribution in [3.8, 4) is 11.3 Å². The zero-order valence-electron chi connectivity index (χ0n) is 19.2. The summed E-state index contributed by atoms with van der Waals surface area (Å²) in [5.74, 6) is 2.47. The van der Waals surface area contributed by atoms with Crippen molar-refractivity contribution in [2.24, 2.45) is 7.05 Å². The number of likely N-dealkylation sites (N-methyl/N-ethyl adjacent to an activating group) is 1. The molecule has 1 aliphatic rings. The molecule has 0 unspecified atom stereocenters. The molecule has 1 amide bonds. The summed E-state index contributed by atoms with van der Waals surface area (Å²) in [6.07, 6.45) is 3.39. The minimum Gasteiger partial charge on any atom is -0.459 e. The van der Waals surface area contributed by atoms with E-state index >= 15 is 0 Å². The highest BCUT2D eigenvalue weighted by molar-refractivity contribution is 6.30. The second-order valence-electron chi connectivity index (χ2n) is 8.49. The summed E-state index contributed by atoms with van der Waals surface area (Å²) in [5, 5.41) is 5.93. The van der Waals surface area contributed by atoms with Crippen LogP contribution in [0.15, 0.2) is 53.3 Å². The van der Waals surface area contributed by atoms with E-state index in [-0.39, 0.29) is 5.91 Å². The molecule has 0 atom stereocenters. The Hall–Kier alpha value is -3.43. The standard InChI is InChI=1S/C24H26ClN7O2/c1-29(14-19-7-8-21(34-19)17-3-5-18(25)6-4-17)22(33)15-31-9-11-32(12-10-31)24-20-13-28-30(2)23(20)26-16-27-24/h3-8,13,16H,9-12,14-15H2,1-2H3. The lowest BCUT2D eigenvalue weighted by atomic mass is 10.2. The maximum atomic E-state index is 12.8. The summed E-state index contributed by atoms with van der Waals surface area (Å²) in [5.41, 5.74) is 1.77. The summed E-state index contributed by atoms with van der Waals surface area (Å²) in [6.45, 7) is 3.95. The molecule has 0 radical (unpaired) electrons. The van der Waals surface area contributed by atoms with Crippen LogP contribution in [-0.4, -0.2) is 75.2 Å². The lowest BCUT2D eigenvalue weighted by Crippen LogP contribution is -2.49. The number of carbonyl (C=O) groups excluding carboxylic acids is 1. The number of amides is 1. The number of hydrogen-bond acceptors (Lipinski definition) is 7. The Morgan fingerprint density at radius 1 is 1.09 bits per heavy atom. The van der Waals surface area contributed by atoms with Gasteiger partial charge in [-0.2, -0.15) is 5.10 Å². The molecule has 3 aromatic heterocycles. The second kappa shape index (κ2) is 9.44. The number of piperazine rings is 1. The molecule has 0 aliphatic carbocycles. The zero-order valence-corrected chi connectivity index (χ0v) is 19.9. The van der Waals surface area contributed by atoms with Gasteiger partial charge in [0.15, 0.2) is 5.65 Å². The molecule has 176 valence electrons. The van der Waals surface area contributed by atoms with E-state index in [1.165, 1.54) is 0 Å². The molecule has 1 fully saturated rings. The van der Waals surface area contributed by atoms with Crippen molar-refractivity contribution in [2.75, 3.05) is 44.7 Å². The average Bonchev–Trinajstić information content (AvgIpc) is 3.47. The molecule has 34 heavy (non-hydrogen) atoms. The van der Waals surface area contributed by atoms with E-state index < -0.39 is 0 Å². The number of benzene rings is 1. The van der Waals surface area contributed by atoms with Crippen LogP contribution in [0.25, 0.3) is 22.4 Å². The van der Waals surface area contributed by atoms with Gasteiger partial charge in [0.25, 0.3) is 0 Å². The van der Waals surface area contributed by atoms with Gasteiger partial charge in [-0.15, -0.1) is 0 Å². The largest absolute Gasteiger partial charge is 0.459 e. The first-order valence-electron chi connectivity index (χ1n) is 11.2. The minimum atomic E-state index is 0.0644. The Bertz CT molecular complexity index is 1290. The molecular formula is C24H26ClN7O2. The second-order valence-corrected chi connectivity index (χ2v) is 8.93. The molecule has 4 heterocycles. The number of fused-ring (bicyclic) bond motifs is 1. The first kappa shape index (κ1) is 22.4. The van der Waals surface area contributed by atoms with Gasteiger partial charge in [-0.3, -0.25) is 14.4 Å². The van der Waals surface area contributed by atoms with Gasteiger partial charge in [-0.25, -0.2) is 9.97 Å². The number of anilines is 1. The molecule has 5 rings (SSSR count). The maximum absolute atomic E-state index is 12.8. The number of aromatic nitrogens is 4. The highest BCUT2D eigenvalue weighted by Crippen LogP contribution is 2.25. The van der Waals surface area contributed by atoms with Crippen LogP contribution in [0.4, 0.5) is 5.82 Å². The highest BCUT2D eigenvalue weighted by Gasteiger charge is 2.23. The normalized spacial score (nSPS) is 14.6. The molecule has 9 nitrogen and oxygen atoms in total. The topological polar surface area (TPSA) is 83.5 Å². The number of rotatable bonds is 6. The Morgan fingerprint density at radius 3 is 2.62 bits per heavy atom. The summed E-state index contributed by atoms with van der Waals surface area (Å²) >= 11 is 5.96. The summed E-state index contributed by atoms with van der Waals surface area (Å²) < 4.78 is 7.70. The molecule has 1 aromatic carbocycles. The first-order valence-corrected chi connectivity index (χ1v) is 11.5. The van der Waals surface area contributed by atoms with Crippen molar-refractivity contribution < 1.29 is 9.21 Å². The number of aryl methyl sites for hydroxylation is 1. The summed E-state index contributed by atoms with van der Waals surface area (Å²) in [6, 6.07) is 11.3. The van der Waals surface area contributed by atoms with Crippen LogP contribution in [-0.2, 0) is 18.4 Å². The number of nitrogens with zero attached hydrogens (tertiary/aromatic N) is 7. The van der Waals surface area contributed by atoms with Crippen LogP contribution < -0.4 is 4.90 Å². The van der Waals surface area contributed by atoms with E-state index in [1.54, 1.807) is 15.9 Å². The Kier molecular flexibility index (Phi) is 6.21. The summed E-state index contributed by atoms with van der Waals surface area (Å²) in [7, 11) is 3.68. The van der Waals surface area contributed by atoms with Crippen molar-refractivity contribution in [2.45, 2.75) is 6.54 Å². The van der Waals surface area contributed by atoms with Gasteiger partial charge in [0.1, 0.15) is 23.7 Å². The Balaban J connectivity index is 1.14. The number of halogens is 1. The van der Waals surface area contributed by atoms with Crippen LogP contribution in [0.3, 0.4) is 0 Å². The van der Waals surface area contributed by atoms with Crippen molar-refractivity contribution in [1.29, 1.82) is 0 Å². The lowest BCUT2D eigenvalue weighted by Gasteiger charge is -2.35. The van der Waals surface area contributed by atoms with Crippen LogP contribution in [0.2, 0.25) is 5.02 Å². The Labute approximate surface area is 202 Å². The van der Waals surface area contributed by atoms with Gasteiger partial charge >= 0.3 is 0 Å². The van der Waals surface area contributed by atoms with Crippen LogP contribution >= 0.6 is 11.6 Å². The lowest BCUT2D eigenvalue weighted by molar-refractivity contribution is -0.131. The molecule has 0 saturated carbocycles. The quantitative estimate of drug-likeness (QED) is 0.420. The van der Waals surface area contributed by atoms with E-state index in [2.05, 4.69) is 24.9 Å². The fourth-order valence-corrected chi connectivity index (χ4v) is 4.31. The number of furan rings is 1. The number of hydrogen-bond donors (Lipinski definition) is 0. The van der Waals surface area contributed by atoms with E-state index in [1.807, 2.05) is 56.7 Å². The van der Waals surface area contributed by atoms with Crippen molar-refractivity contribution in [3.63, 3.8) is 0 Å². The highest BCUT2D eigenvalue weighted by atomic mass is 35.5. The van der Waals surface area contributed by atoms with Crippen LogP contribution in [0.5, 0.6) is 0 Å². The monoisotopic (exact) mass is 479 g/mol. The van der Waals surface area contributed by atoms with E-state index in [0.717, 1.165) is 60.1 Å². The van der Waals surface area contributed by atoms with Gasteiger partial charge < -0.3 is 14.2 Å². The fourth-order valence-electron chi connectivity index (χ4n) is 4.19. The predicted octanol–water partition coefficient (Wildman–Crippen LogP) is 3.06. The molecular weight excluding hydrogens is 454 g/mol. The smallest absolute Gasteiger partial charge is 0.236 e. The SMILES string of the molecule is CN(Cc1ccc(-c2ccc(Cl)cc2)o1)C(=O)CN1CCN(c2ncnc3c2cnn3C)CC1. The van der Waals surface area contributed by atoms with E-state index in [4.69, 9.17) is 16.0 Å². The zero-order chi connectivity index (χ0) is 23.7. The third-order valence-electron chi connectivity index (χ3n) is 6.15. The van der Waals surface area contributed by atoms with Gasteiger partial charge in [0, 0.05) is 50.9 Å². The number of carbonyl (C=O) groups is 1. The third kappa shape index (κ3) is 4.62. The minimum absolute atomic E-state index is 0.0644. The average molecular weight is 480 g/mol. The van der Waals surface area contributed by atoms with Crippen molar-refractivity contribution >= 4 is 34.4 Å². The molecule has 0 spiro atoms. The van der Waals surface area contributed by atoms with Gasteiger partial charge in [0.2, 0.25) is 5.91 Å². The molecule has 10 heteroatoms. The molecule has 0 bridgehead atoms. The van der Waals surface area contributed by atoms with Crippen molar-refractivity contribution in [1.82, 2.24) is 29.5 Å². The van der Waals surface area contributed by atoms with Crippen molar-refractivity contribution in [3.05, 3.63) is 59.7 Å². The van der Waals surface area contributed by atoms with Crippen LogP contribution in [0, 0.1) is 0 Å². The molecule has 4 aromatic rings.